The second kappa shape index (κ2) is 11.4. The number of aryl methyl sites for hydroxylation is 3. The number of rotatable bonds is 7. The molecule has 8 nitrogen and oxygen atoms in total. The van der Waals surface area contributed by atoms with Crippen LogP contribution < -0.4 is 20.8 Å². The highest BCUT2D eigenvalue weighted by atomic mass is 16.5. The minimum atomic E-state index is -0.883. The molecule has 0 bridgehead atoms. The van der Waals surface area contributed by atoms with Crippen LogP contribution in [0.25, 0.3) is 0 Å². The fraction of sp³-hybridized carbons (Fsp3) is 0.154. The fourth-order valence-electron chi connectivity index (χ4n) is 3.03. The van der Waals surface area contributed by atoms with E-state index in [9.17, 15) is 14.4 Å². The standard InChI is InChI=1S/C26H26N4O4/c1-17-7-11-21(12-8-17)28-25(32)26(33)30-27-15-20-9-13-22(14-10-20)34-16-23(31)29-24-18(2)5-4-6-19(24)3/h4-15H,16H2,1-3H3,(H,28,32)(H,29,31)(H,30,33)/b27-15-. The maximum atomic E-state index is 12.2. The second-order valence-corrected chi connectivity index (χ2v) is 7.69. The topological polar surface area (TPSA) is 109 Å². The third-order valence-electron chi connectivity index (χ3n) is 4.89. The van der Waals surface area contributed by atoms with Crippen LogP contribution in [0.3, 0.4) is 0 Å². The summed E-state index contributed by atoms with van der Waals surface area (Å²) >= 11 is 0. The molecule has 0 aromatic heterocycles. The third kappa shape index (κ3) is 7.03. The lowest BCUT2D eigenvalue weighted by Crippen LogP contribution is -2.32. The van der Waals surface area contributed by atoms with Gasteiger partial charge in [-0.15, -0.1) is 0 Å². The van der Waals surface area contributed by atoms with Crippen LogP contribution in [0, 0.1) is 20.8 Å². The minimum Gasteiger partial charge on any atom is -0.484 e. The van der Waals surface area contributed by atoms with Crippen molar-refractivity contribution in [2.45, 2.75) is 20.8 Å². The van der Waals surface area contributed by atoms with Crippen LogP contribution >= 0.6 is 0 Å². The van der Waals surface area contributed by atoms with E-state index in [-0.39, 0.29) is 12.5 Å². The summed E-state index contributed by atoms with van der Waals surface area (Å²) in [6, 6.07) is 19.7. The van der Waals surface area contributed by atoms with Gasteiger partial charge >= 0.3 is 11.8 Å². The first-order chi connectivity index (χ1) is 16.3. The Morgan fingerprint density at radius 1 is 0.824 bits per heavy atom. The van der Waals surface area contributed by atoms with Crippen LogP contribution in [0.1, 0.15) is 22.3 Å². The Morgan fingerprint density at radius 3 is 2.12 bits per heavy atom. The van der Waals surface area contributed by atoms with Crippen LogP contribution in [0.15, 0.2) is 71.8 Å². The average Bonchev–Trinajstić information content (AvgIpc) is 2.82. The van der Waals surface area contributed by atoms with Gasteiger partial charge in [0, 0.05) is 11.4 Å². The monoisotopic (exact) mass is 458 g/mol. The largest absolute Gasteiger partial charge is 0.484 e. The SMILES string of the molecule is Cc1ccc(NC(=O)C(=O)N/N=C\c2ccc(OCC(=O)Nc3c(C)cccc3C)cc2)cc1. The van der Waals surface area contributed by atoms with Gasteiger partial charge in [-0.1, -0.05) is 35.9 Å². The predicted molar refractivity (Wildman–Crippen MR) is 132 cm³/mol. The zero-order valence-electron chi connectivity index (χ0n) is 19.2. The maximum Gasteiger partial charge on any atom is 0.329 e. The van der Waals surface area contributed by atoms with Crippen LogP contribution in [-0.2, 0) is 14.4 Å². The van der Waals surface area contributed by atoms with Crippen LogP contribution in [0.4, 0.5) is 11.4 Å². The van der Waals surface area contributed by atoms with Crippen LogP contribution in [0.5, 0.6) is 5.75 Å². The number of nitrogens with one attached hydrogen (secondary N) is 3. The van der Waals surface area contributed by atoms with Gasteiger partial charge in [-0.3, -0.25) is 14.4 Å². The lowest BCUT2D eigenvalue weighted by atomic mass is 10.1. The first-order valence-electron chi connectivity index (χ1n) is 10.6. The molecule has 0 saturated carbocycles. The number of para-hydroxylation sites is 1. The van der Waals surface area contributed by atoms with E-state index < -0.39 is 11.8 Å². The molecule has 0 fully saturated rings. The van der Waals surface area contributed by atoms with Gasteiger partial charge in [0.25, 0.3) is 5.91 Å². The van der Waals surface area contributed by atoms with Gasteiger partial charge < -0.3 is 15.4 Å². The molecule has 3 aromatic rings. The Balaban J connectivity index is 1.44. The molecule has 0 aliphatic heterocycles. The normalized spacial score (nSPS) is 10.6. The number of nitrogens with zero attached hydrogens (tertiary/aromatic N) is 1. The first kappa shape index (κ1) is 24.2. The average molecular weight is 459 g/mol. The molecule has 3 aromatic carbocycles. The number of hydrogen-bond donors (Lipinski definition) is 3. The van der Waals surface area contributed by atoms with E-state index in [0.29, 0.717) is 17.0 Å². The Kier molecular flexibility index (Phi) is 8.12. The summed E-state index contributed by atoms with van der Waals surface area (Å²) in [4.78, 5) is 36.0. The van der Waals surface area contributed by atoms with Gasteiger partial charge in [-0.05, 0) is 73.9 Å². The van der Waals surface area contributed by atoms with Crippen molar-refractivity contribution in [2.75, 3.05) is 17.2 Å². The number of ether oxygens (including phenoxy) is 1. The highest BCUT2D eigenvalue weighted by Crippen LogP contribution is 2.19. The molecule has 3 rings (SSSR count). The number of anilines is 2. The fourth-order valence-corrected chi connectivity index (χ4v) is 3.03. The summed E-state index contributed by atoms with van der Waals surface area (Å²) in [5.74, 6) is -1.44. The predicted octanol–water partition coefficient (Wildman–Crippen LogP) is 3.72. The Hall–Kier alpha value is -4.46. The third-order valence-corrected chi connectivity index (χ3v) is 4.89. The molecule has 0 aliphatic carbocycles. The molecule has 0 heterocycles. The number of hydrogen-bond acceptors (Lipinski definition) is 5. The van der Waals surface area contributed by atoms with Crippen molar-refractivity contribution >= 4 is 35.3 Å². The molecule has 0 radical (unpaired) electrons. The lowest BCUT2D eigenvalue weighted by Gasteiger charge is -2.12. The highest BCUT2D eigenvalue weighted by molar-refractivity contribution is 6.39. The molecule has 8 heteroatoms. The summed E-state index contributed by atoms with van der Waals surface area (Å²) in [6.45, 7) is 5.66. The second-order valence-electron chi connectivity index (χ2n) is 7.69. The smallest absolute Gasteiger partial charge is 0.329 e. The summed E-state index contributed by atoms with van der Waals surface area (Å²) < 4.78 is 5.53. The van der Waals surface area contributed by atoms with Gasteiger partial charge in [0.05, 0.1) is 6.21 Å². The van der Waals surface area contributed by atoms with Crippen molar-refractivity contribution in [3.8, 4) is 5.75 Å². The number of hydrazone groups is 1. The van der Waals surface area contributed by atoms with E-state index in [1.54, 1.807) is 36.4 Å². The van der Waals surface area contributed by atoms with Gasteiger partial charge in [0.15, 0.2) is 6.61 Å². The zero-order valence-corrected chi connectivity index (χ0v) is 19.2. The van der Waals surface area contributed by atoms with Gasteiger partial charge in [-0.25, -0.2) is 5.43 Å². The van der Waals surface area contributed by atoms with E-state index in [2.05, 4.69) is 21.2 Å². The molecular weight excluding hydrogens is 432 g/mol. The molecule has 0 atom stereocenters. The molecule has 0 saturated heterocycles. The van der Waals surface area contributed by atoms with Crippen LogP contribution in [0.2, 0.25) is 0 Å². The number of amides is 3. The molecule has 0 spiro atoms. The van der Waals surface area contributed by atoms with Crippen molar-refractivity contribution < 1.29 is 19.1 Å². The number of carbonyl (C=O) groups excluding carboxylic acids is 3. The van der Waals surface area contributed by atoms with E-state index in [1.807, 2.05) is 51.1 Å². The Bertz CT molecular complexity index is 1180. The van der Waals surface area contributed by atoms with Gasteiger partial charge in [0.1, 0.15) is 5.75 Å². The van der Waals surface area contributed by atoms with Gasteiger partial charge in [0.2, 0.25) is 0 Å². The van der Waals surface area contributed by atoms with Crippen molar-refractivity contribution in [1.29, 1.82) is 0 Å². The quantitative estimate of drug-likeness (QED) is 0.285. The summed E-state index contributed by atoms with van der Waals surface area (Å²) in [7, 11) is 0. The summed E-state index contributed by atoms with van der Waals surface area (Å²) in [5.41, 5.74) is 7.18. The van der Waals surface area contributed by atoms with E-state index in [0.717, 1.165) is 22.4 Å². The lowest BCUT2D eigenvalue weighted by molar-refractivity contribution is -0.136. The molecular formula is C26H26N4O4. The molecule has 34 heavy (non-hydrogen) atoms. The Labute approximate surface area is 198 Å². The zero-order chi connectivity index (χ0) is 24.5. The molecule has 174 valence electrons. The number of benzene rings is 3. The molecule has 0 aliphatic rings. The van der Waals surface area contributed by atoms with Crippen LogP contribution in [-0.4, -0.2) is 30.5 Å². The van der Waals surface area contributed by atoms with E-state index in [4.69, 9.17) is 4.74 Å². The summed E-state index contributed by atoms with van der Waals surface area (Å²) in [6.07, 6.45) is 1.40. The maximum absolute atomic E-state index is 12.2. The molecule has 0 unspecified atom stereocenters. The minimum absolute atomic E-state index is 0.132. The van der Waals surface area contributed by atoms with E-state index >= 15 is 0 Å². The van der Waals surface area contributed by atoms with E-state index in [1.165, 1.54) is 6.21 Å². The van der Waals surface area contributed by atoms with Crippen molar-refractivity contribution in [1.82, 2.24) is 5.43 Å². The van der Waals surface area contributed by atoms with Gasteiger partial charge in [-0.2, -0.15) is 5.10 Å². The molecule has 3 amide bonds. The summed E-state index contributed by atoms with van der Waals surface area (Å²) in [5, 5.41) is 9.16. The van der Waals surface area contributed by atoms with Crippen molar-refractivity contribution in [2.24, 2.45) is 5.10 Å². The first-order valence-corrected chi connectivity index (χ1v) is 10.6. The Morgan fingerprint density at radius 2 is 1.47 bits per heavy atom. The number of carbonyl (C=O) groups is 3. The van der Waals surface area contributed by atoms with Crippen molar-refractivity contribution in [3.63, 3.8) is 0 Å². The highest BCUT2D eigenvalue weighted by Gasteiger charge is 2.12. The van der Waals surface area contributed by atoms with Crippen molar-refractivity contribution in [3.05, 3.63) is 89.0 Å². The molecule has 3 N–H and O–H groups in total.